The van der Waals surface area contributed by atoms with Gasteiger partial charge in [0.2, 0.25) is 0 Å². The van der Waals surface area contributed by atoms with E-state index in [0.717, 1.165) is 31.9 Å². The maximum absolute atomic E-state index is 10.3. The van der Waals surface area contributed by atoms with Gasteiger partial charge in [-0.25, -0.2) is 0 Å². The van der Waals surface area contributed by atoms with E-state index in [-0.39, 0.29) is 17.2 Å². The third-order valence-corrected chi connectivity index (χ3v) is 4.41. The molecule has 2 aromatic carbocycles. The van der Waals surface area contributed by atoms with E-state index in [0.29, 0.717) is 12.1 Å². The number of anilines is 1. The summed E-state index contributed by atoms with van der Waals surface area (Å²) in [5.41, 5.74) is 1.41. The van der Waals surface area contributed by atoms with Gasteiger partial charge in [-0.05, 0) is 36.1 Å². The van der Waals surface area contributed by atoms with Crippen molar-refractivity contribution in [1.29, 1.82) is 0 Å². The first-order valence-corrected chi connectivity index (χ1v) is 9.34. The van der Waals surface area contributed by atoms with Crippen molar-refractivity contribution in [2.45, 2.75) is 6.10 Å². The van der Waals surface area contributed by atoms with E-state index in [1.54, 1.807) is 24.5 Å². The first-order chi connectivity index (χ1) is 12.5. The summed E-state index contributed by atoms with van der Waals surface area (Å²) in [5.74, 6) is -0.135. The van der Waals surface area contributed by atoms with Gasteiger partial charge in [-0.15, -0.1) is 0 Å². The minimum absolute atomic E-state index is 0.192. The molecule has 0 spiro atoms. The van der Waals surface area contributed by atoms with E-state index < -0.39 is 6.10 Å². The smallest absolute Gasteiger partial charge is 0.157 e. The molecule has 4 N–H and O–H groups in total. The summed E-state index contributed by atoms with van der Waals surface area (Å²) < 4.78 is 0. The molecular formula is C19H26N2O4S. The zero-order valence-corrected chi connectivity index (χ0v) is 15.7. The maximum Gasteiger partial charge on any atom is 0.157 e. The second-order valence-electron chi connectivity index (χ2n) is 6.04. The van der Waals surface area contributed by atoms with Crippen molar-refractivity contribution in [3.05, 3.63) is 48.0 Å². The van der Waals surface area contributed by atoms with E-state index in [1.807, 2.05) is 12.1 Å². The lowest BCUT2D eigenvalue weighted by molar-refractivity contribution is 0.109. The first kappa shape index (κ1) is 20.2. The largest absolute Gasteiger partial charge is 0.506 e. The minimum atomic E-state index is -0.729. The van der Waals surface area contributed by atoms with Crippen LogP contribution in [0.5, 0.6) is 17.2 Å². The average Bonchev–Trinajstić information content (AvgIpc) is 2.67. The number of hydrogen-bond acceptors (Lipinski definition) is 7. The fraction of sp³-hybridized carbons (Fsp3) is 0.368. The molecule has 26 heavy (non-hydrogen) atoms. The van der Waals surface area contributed by atoms with Crippen molar-refractivity contribution in [2.75, 3.05) is 43.9 Å². The summed E-state index contributed by atoms with van der Waals surface area (Å²) in [5, 5.41) is 39.1. The summed E-state index contributed by atoms with van der Waals surface area (Å²) in [4.78, 5) is 4.27. The van der Waals surface area contributed by atoms with Crippen LogP contribution in [-0.2, 0) is 0 Å². The molecule has 1 heterocycles. The number of thiol groups is 1. The molecule has 0 aliphatic carbocycles. The van der Waals surface area contributed by atoms with E-state index in [9.17, 15) is 20.4 Å². The molecule has 0 radical (unpaired) electrons. The van der Waals surface area contributed by atoms with Crippen LogP contribution in [0.4, 0.5) is 5.69 Å². The number of rotatable bonds is 4. The van der Waals surface area contributed by atoms with Gasteiger partial charge in [-0.2, -0.15) is 12.6 Å². The van der Waals surface area contributed by atoms with Crippen molar-refractivity contribution >= 4 is 18.3 Å². The molecular weight excluding hydrogens is 352 g/mol. The highest BCUT2D eigenvalue weighted by molar-refractivity contribution is 7.79. The number of nitrogens with zero attached hydrogens (tertiary/aromatic N) is 2. The van der Waals surface area contributed by atoms with Crippen molar-refractivity contribution in [1.82, 2.24) is 4.90 Å². The average molecular weight is 378 g/mol. The van der Waals surface area contributed by atoms with Crippen LogP contribution in [0.1, 0.15) is 11.7 Å². The normalized spacial score (nSPS) is 15.9. The lowest BCUT2D eigenvalue weighted by Crippen LogP contribution is -2.47. The number of β-amino-alcohol motifs (C(OH)–C–C–N with tert-alkyl or cyclic N) is 1. The molecule has 1 aliphatic rings. The third kappa shape index (κ3) is 4.97. The second-order valence-corrected chi connectivity index (χ2v) is 6.04. The fourth-order valence-electron chi connectivity index (χ4n) is 3.00. The molecule has 7 heteroatoms. The molecule has 1 unspecified atom stereocenters. The highest BCUT2D eigenvalue weighted by Gasteiger charge is 2.21. The predicted molar refractivity (Wildman–Crippen MR) is 106 cm³/mol. The molecule has 0 saturated carbocycles. The van der Waals surface area contributed by atoms with Gasteiger partial charge >= 0.3 is 0 Å². The Hall–Kier alpha value is -2.09. The third-order valence-electron chi connectivity index (χ3n) is 4.41. The highest BCUT2D eigenvalue weighted by atomic mass is 32.1. The minimum Gasteiger partial charge on any atom is -0.506 e. The Morgan fingerprint density at radius 3 is 2.15 bits per heavy atom. The molecule has 1 fully saturated rings. The van der Waals surface area contributed by atoms with Gasteiger partial charge in [0.1, 0.15) is 5.75 Å². The van der Waals surface area contributed by atoms with Crippen LogP contribution < -0.4 is 4.90 Å². The molecule has 6 nitrogen and oxygen atoms in total. The Kier molecular flexibility index (Phi) is 7.44. The van der Waals surface area contributed by atoms with Crippen molar-refractivity contribution in [2.24, 2.45) is 0 Å². The lowest BCUT2D eigenvalue weighted by atomic mass is 10.1. The van der Waals surface area contributed by atoms with Crippen LogP contribution in [0.15, 0.2) is 42.5 Å². The van der Waals surface area contributed by atoms with Crippen LogP contribution >= 0.6 is 12.6 Å². The van der Waals surface area contributed by atoms with Gasteiger partial charge in [0, 0.05) is 32.7 Å². The summed E-state index contributed by atoms with van der Waals surface area (Å²) in [6.45, 7) is 3.54. The van der Waals surface area contributed by atoms with Gasteiger partial charge in [0.05, 0.1) is 11.8 Å². The number of piperazine rings is 1. The second kappa shape index (κ2) is 9.56. The maximum atomic E-state index is 10.3. The van der Waals surface area contributed by atoms with Crippen molar-refractivity contribution in [3.8, 4) is 17.2 Å². The Bertz CT molecular complexity index is 706. The molecule has 2 aromatic rings. The Morgan fingerprint density at radius 2 is 1.54 bits per heavy atom. The summed E-state index contributed by atoms with van der Waals surface area (Å²) in [7, 11) is 0. The number of aliphatic hydroxyl groups is 1. The van der Waals surface area contributed by atoms with Crippen LogP contribution in [0.25, 0.3) is 0 Å². The quantitative estimate of drug-likeness (QED) is 0.414. The fourth-order valence-corrected chi connectivity index (χ4v) is 3.00. The van der Waals surface area contributed by atoms with Gasteiger partial charge < -0.3 is 25.3 Å². The number of para-hydroxylation sites is 2. The van der Waals surface area contributed by atoms with Crippen molar-refractivity contribution in [3.63, 3.8) is 0 Å². The number of hydrogen-bond donors (Lipinski definition) is 5. The van der Waals surface area contributed by atoms with E-state index in [2.05, 4.69) is 22.4 Å². The Labute approximate surface area is 159 Å². The van der Waals surface area contributed by atoms with E-state index >= 15 is 0 Å². The number of aliphatic hydroxyl groups excluding tert-OH is 1. The van der Waals surface area contributed by atoms with Gasteiger partial charge in [-0.1, -0.05) is 18.2 Å². The Morgan fingerprint density at radius 1 is 0.885 bits per heavy atom. The number of benzene rings is 2. The standard InChI is InChI=1S/C18H22N2O4.CH4S/c21-15-4-2-1-3-14(15)20-9-7-19(8-10-20)12-18(24)13-5-6-16(22)17(23)11-13;1-2/h1-6,11,18,21-24H,7-10,12H2;2H,1H3. The van der Waals surface area contributed by atoms with Gasteiger partial charge in [0.25, 0.3) is 0 Å². The molecule has 142 valence electrons. The summed E-state index contributed by atoms with van der Waals surface area (Å²) >= 11 is 3.53. The molecule has 1 aliphatic heterocycles. The molecule has 0 amide bonds. The van der Waals surface area contributed by atoms with E-state index in [1.165, 1.54) is 12.1 Å². The first-order valence-electron chi connectivity index (χ1n) is 8.44. The molecule has 0 bridgehead atoms. The lowest BCUT2D eigenvalue weighted by Gasteiger charge is -2.37. The monoisotopic (exact) mass is 378 g/mol. The number of phenols is 3. The summed E-state index contributed by atoms with van der Waals surface area (Å²) in [6, 6.07) is 11.7. The van der Waals surface area contributed by atoms with Crippen LogP contribution in [0.3, 0.4) is 0 Å². The highest BCUT2D eigenvalue weighted by Crippen LogP contribution is 2.29. The SMILES string of the molecule is CS.Oc1ccc(C(O)CN2CCN(c3ccccc3O)CC2)cc1O. The van der Waals surface area contributed by atoms with Crippen LogP contribution in [-0.4, -0.2) is 64.3 Å². The molecule has 1 atom stereocenters. The van der Waals surface area contributed by atoms with Gasteiger partial charge in [0.15, 0.2) is 11.5 Å². The Balaban J connectivity index is 0.00000117. The zero-order valence-electron chi connectivity index (χ0n) is 14.8. The van der Waals surface area contributed by atoms with Gasteiger partial charge in [-0.3, -0.25) is 4.90 Å². The molecule has 0 aromatic heterocycles. The van der Waals surface area contributed by atoms with E-state index in [4.69, 9.17) is 0 Å². The predicted octanol–water partition coefficient (Wildman–Crippen LogP) is 2.21. The molecule has 3 rings (SSSR count). The summed E-state index contributed by atoms with van der Waals surface area (Å²) in [6.07, 6.45) is 0.966. The topological polar surface area (TPSA) is 87.4 Å². The zero-order chi connectivity index (χ0) is 19.1. The van der Waals surface area contributed by atoms with Crippen molar-refractivity contribution < 1.29 is 20.4 Å². The van der Waals surface area contributed by atoms with Crippen LogP contribution in [0, 0.1) is 0 Å². The number of phenolic OH excluding ortho intramolecular Hbond substituents is 3. The van der Waals surface area contributed by atoms with Crippen LogP contribution in [0.2, 0.25) is 0 Å². The number of aromatic hydroxyl groups is 3. The molecule has 1 saturated heterocycles.